The highest BCUT2D eigenvalue weighted by molar-refractivity contribution is 7.89. The molecular weight excluding hydrogens is 366 g/mol. The molecule has 0 heterocycles. The normalized spacial score (nSPS) is 23.8. The van der Waals surface area contributed by atoms with E-state index in [-0.39, 0.29) is 0 Å². The molecule has 4 heteroatoms. The molecule has 3 aliphatic rings. The van der Waals surface area contributed by atoms with E-state index >= 15 is 0 Å². The summed E-state index contributed by atoms with van der Waals surface area (Å²) in [4.78, 5) is 0.444. The summed E-state index contributed by atoms with van der Waals surface area (Å²) in [6.07, 6.45) is 18.8. The Morgan fingerprint density at radius 2 is 1.04 bits per heavy atom. The van der Waals surface area contributed by atoms with Gasteiger partial charge < -0.3 is 0 Å². The average Bonchev–Trinajstić information content (AvgIpc) is 2.74. The number of hydrogen-bond donors (Lipinski definition) is 1. The molecule has 156 valence electrons. The van der Waals surface area contributed by atoms with Gasteiger partial charge in [0.15, 0.2) is 0 Å². The first kappa shape index (κ1) is 20.4. The molecule has 0 unspecified atom stereocenters. The van der Waals surface area contributed by atoms with Crippen LogP contribution in [0.5, 0.6) is 0 Å². The topological polar surface area (TPSA) is 60.2 Å². The molecule has 1 aromatic rings. The number of rotatable bonds is 4. The van der Waals surface area contributed by atoms with Crippen LogP contribution in [0.1, 0.15) is 131 Å². The molecule has 3 saturated carbocycles. The quantitative estimate of drug-likeness (QED) is 0.625. The van der Waals surface area contributed by atoms with Gasteiger partial charge in [-0.05, 0) is 79.0 Å². The lowest BCUT2D eigenvalue weighted by molar-refractivity contribution is 0.400. The second-order valence-corrected chi connectivity index (χ2v) is 11.1. The number of nitrogens with two attached hydrogens (primary N) is 1. The lowest BCUT2D eigenvalue weighted by Crippen LogP contribution is -2.23. The van der Waals surface area contributed by atoms with Crippen molar-refractivity contribution in [2.45, 2.75) is 119 Å². The van der Waals surface area contributed by atoms with Crippen LogP contribution in [-0.2, 0) is 10.0 Å². The van der Waals surface area contributed by atoms with Crippen molar-refractivity contribution in [3.63, 3.8) is 0 Å². The Hall–Kier alpha value is -0.870. The van der Waals surface area contributed by atoms with Crippen LogP contribution < -0.4 is 5.14 Å². The number of primary sulfonamides is 1. The molecule has 0 amide bonds. The van der Waals surface area contributed by atoms with Crippen molar-refractivity contribution in [2.75, 3.05) is 0 Å². The summed E-state index contributed by atoms with van der Waals surface area (Å²) < 4.78 is 25.2. The summed E-state index contributed by atoms with van der Waals surface area (Å²) in [5.41, 5.74) is 4.07. The predicted molar refractivity (Wildman–Crippen MR) is 115 cm³/mol. The Kier molecular flexibility index (Phi) is 6.46. The van der Waals surface area contributed by atoms with Gasteiger partial charge >= 0.3 is 0 Å². The van der Waals surface area contributed by atoms with Crippen LogP contribution in [0.2, 0.25) is 0 Å². The van der Waals surface area contributed by atoms with Gasteiger partial charge in [-0.1, -0.05) is 63.9 Å². The van der Waals surface area contributed by atoms with E-state index in [4.69, 9.17) is 5.14 Å². The van der Waals surface area contributed by atoms with Crippen molar-refractivity contribution >= 4 is 10.0 Å². The first-order valence-electron chi connectivity index (χ1n) is 11.7. The molecular formula is C24H37NO2S. The fraction of sp³-hybridized carbons (Fsp3) is 0.750. The van der Waals surface area contributed by atoms with E-state index in [1.54, 1.807) is 0 Å². The summed E-state index contributed by atoms with van der Waals surface area (Å²) in [6.45, 7) is 0. The second kappa shape index (κ2) is 8.87. The molecule has 0 saturated heterocycles. The highest BCUT2D eigenvalue weighted by Gasteiger charge is 2.33. The molecule has 4 rings (SSSR count). The zero-order chi connectivity index (χ0) is 19.6. The van der Waals surface area contributed by atoms with Gasteiger partial charge in [0.05, 0.1) is 4.90 Å². The summed E-state index contributed by atoms with van der Waals surface area (Å²) in [7, 11) is -3.69. The standard InChI is InChI=1S/C24H37NO2S/c25-28(26,27)22-17-16-21(18-10-4-1-5-11-18)23(19-12-6-2-7-13-19)24(22)20-14-8-3-9-15-20/h16-20H,1-15H2,(H2,25,26,27). The van der Waals surface area contributed by atoms with E-state index in [1.165, 1.54) is 94.6 Å². The van der Waals surface area contributed by atoms with E-state index in [0.29, 0.717) is 22.6 Å². The predicted octanol–water partition coefficient (Wildman–Crippen LogP) is 6.48. The highest BCUT2D eigenvalue weighted by atomic mass is 32.2. The zero-order valence-electron chi connectivity index (χ0n) is 17.3. The van der Waals surface area contributed by atoms with Crippen molar-refractivity contribution in [1.82, 2.24) is 0 Å². The fourth-order valence-corrected chi connectivity index (χ4v) is 7.15. The monoisotopic (exact) mass is 403 g/mol. The maximum absolute atomic E-state index is 12.6. The molecule has 0 atom stereocenters. The van der Waals surface area contributed by atoms with Crippen LogP contribution in [-0.4, -0.2) is 8.42 Å². The lowest BCUT2D eigenvalue weighted by Gasteiger charge is -2.35. The smallest absolute Gasteiger partial charge is 0.225 e. The minimum Gasteiger partial charge on any atom is -0.225 e. The Morgan fingerprint density at radius 3 is 1.50 bits per heavy atom. The van der Waals surface area contributed by atoms with E-state index in [9.17, 15) is 8.42 Å². The van der Waals surface area contributed by atoms with Gasteiger partial charge in [-0.25, -0.2) is 13.6 Å². The van der Waals surface area contributed by atoms with Gasteiger partial charge in [-0.15, -0.1) is 0 Å². The highest BCUT2D eigenvalue weighted by Crippen LogP contribution is 2.48. The molecule has 28 heavy (non-hydrogen) atoms. The minimum absolute atomic E-state index is 0.377. The van der Waals surface area contributed by atoms with E-state index in [0.717, 1.165) is 18.4 Å². The van der Waals surface area contributed by atoms with E-state index in [1.807, 2.05) is 6.07 Å². The Bertz CT molecular complexity index is 768. The van der Waals surface area contributed by atoms with Crippen LogP contribution in [0, 0.1) is 0 Å². The largest absolute Gasteiger partial charge is 0.238 e. The van der Waals surface area contributed by atoms with Crippen LogP contribution in [0.3, 0.4) is 0 Å². The summed E-state index contributed by atoms with van der Waals surface area (Å²) >= 11 is 0. The molecule has 0 radical (unpaired) electrons. The summed E-state index contributed by atoms with van der Waals surface area (Å²) in [6, 6.07) is 4.03. The number of benzene rings is 1. The van der Waals surface area contributed by atoms with Crippen molar-refractivity contribution in [1.29, 1.82) is 0 Å². The Labute approximate surface area is 171 Å². The fourth-order valence-electron chi connectivity index (χ4n) is 6.31. The van der Waals surface area contributed by atoms with Gasteiger partial charge in [0.2, 0.25) is 10.0 Å². The average molecular weight is 404 g/mol. The van der Waals surface area contributed by atoms with E-state index in [2.05, 4.69) is 6.07 Å². The van der Waals surface area contributed by atoms with Gasteiger partial charge in [-0.3, -0.25) is 0 Å². The molecule has 0 aromatic heterocycles. The first-order chi connectivity index (χ1) is 13.6. The van der Waals surface area contributed by atoms with Crippen LogP contribution in [0.25, 0.3) is 0 Å². The van der Waals surface area contributed by atoms with Crippen molar-refractivity contribution in [3.05, 3.63) is 28.8 Å². The third-order valence-electron chi connectivity index (χ3n) is 7.66. The van der Waals surface area contributed by atoms with Crippen molar-refractivity contribution in [3.8, 4) is 0 Å². The van der Waals surface area contributed by atoms with Gasteiger partial charge in [0, 0.05) is 0 Å². The molecule has 0 aliphatic heterocycles. The summed E-state index contributed by atoms with van der Waals surface area (Å²) in [5.74, 6) is 1.52. The molecule has 0 spiro atoms. The van der Waals surface area contributed by atoms with Gasteiger partial charge in [0.1, 0.15) is 0 Å². The lowest BCUT2D eigenvalue weighted by atomic mass is 9.71. The SMILES string of the molecule is NS(=O)(=O)c1ccc(C2CCCCC2)c(C2CCCCC2)c1C1CCCCC1. The zero-order valence-corrected chi connectivity index (χ0v) is 18.1. The molecule has 3 nitrogen and oxygen atoms in total. The van der Waals surface area contributed by atoms with Gasteiger partial charge in [0.25, 0.3) is 0 Å². The maximum Gasteiger partial charge on any atom is 0.238 e. The third kappa shape index (κ3) is 4.33. The van der Waals surface area contributed by atoms with E-state index < -0.39 is 10.0 Å². The summed E-state index contributed by atoms with van der Waals surface area (Å²) in [5, 5.41) is 5.76. The van der Waals surface area contributed by atoms with Crippen molar-refractivity contribution in [2.24, 2.45) is 5.14 Å². The maximum atomic E-state index is 12.6. The second-order valence-electron chi connectivity index (χ2n) is 9.53. The molecule has 0 bridgehead atoms. The Balaban J connectivity index is 1.88. The molecule has 3 fully saturated rings. The van der Waals surface area contributed by atoms with Crippen LogP contribution >= 0.6 is 0 Å². The van der Waals surface area contributed by atoms with Crippen molar-refractivity contribution < 1.29 is 8.42 Å². The Morgan fingerprint density at radius 1 is 0.607 bits per heavy atom. The van der Waals surface area contributed by atoms with Crippen LogP contribution in [0.15, 0.2) is 17.0 Å². The van der Waals surface area contributed by atoms with Crippen LogP contribution in [0.4, 0.5) is 0 Å². The molecule has 2 N–H and O–H groups in total. The van der Waals surface area contributed by atoms with Gasteiger partial charge in [-0.2, -0.15) is 0 Å². The first-order valence-corrected chi connectivity index (χ1v) is 13.3. The molecule has 1 aromatic carbocycles. The minimum atomic E-state index is -3.69. The third-order valence-corrected chi connectivity index (χ3v) is 8.63. The number of sulfonamides is 1. The number of hydrogen-bond acceptors (Lipinski definition) is 2. The molecule has 3 aliphatic carbocycles.